The van der Waals surface area contributed by atoms with Gasteiger partial charge in [0.25, 0.3) is 0 Å². The zero-order chi connectivity index (χ0) is 22.9. The number of hydrogen-bond donors (Lipinski definition) is 0. The Kier molecular flexibility index (Phi) is 4.42. The number of halogens is 2. The van der Waals surface area contributed by atoms with Crippen molar-refractivity contribution in [2.75, 3.05) is 0 Å². The maximum atomic E-state index is 3.65. The SMILES string of the molecule is Brc1ccc(C2(c3ccc(Br)cc3)c3ccccc3-n3c4ccccc4c4cccc2c43)cc1. The van der Waals surface area contributed by atoms with Crippen LogP contribution in [0.1, 0.15) is 22.3 Å². The Morgan fingerprint density at radius 1 is 0.500 bits per heavy atom. The van der Waals surface area contributed by atoms with Crippen molar-refractivity contribution in [3.8, 4) is 5.69 Å². The third-order valence-corrected chi connectivity index (χ3v) is 8.26. The van der Waals surface area contributed by atoms with E-state index in [0.29, 0.717) is 0 Å². The molecule has 7 rings (SSSR count). The topological polar surface area (TPSA) is 4.93 Å². The largest absolute Gasteiger partial charge is 0.309 e. The monoisotopic (exact) mass is 563 g/mol. The Morgan fingerprint density at radius 3 is 1.76 bits per heavy atom. The van der Waals surface area contributed by atoms with Crippen LogP contribution in [-0.4, -0.2) is 4.57 Å². The van der Waals surface area contributed by atoms with Crippen molar-refractivity contribution in [3.05, 3.63) is 146 Å². The number of nitrogens with zero attached hydrogens (tertiary/aromatic N) is 1. The maximum Gasteiger partial charge on any atom is 0.0742 e. The first-order valence-electron chi connectivity index (χ1n) is 11.3. The predicted molar refractivity (Wildman–Crippen MR) is 148 cm³/mol. The predicted octanol–water partition coefficient (Wildman–Crippen LogP) is 9.00. The van der Waals surface area contributed by atoms with Gasteiger partial charge in [0.15, 0.2) is 0 Å². The molecule has 34 heavy (non-hydrogen) atoms. The van der Waals surface area contributed by atoms with Crippen LogP contribution in [0.15, 0.2) is 124 Å². The highest BCUT2D eigenvalue weighted by Gasteiger charge is 2.45. The zero-order valence-corrected chi connectivity index (χ0v) is 21.3. The van der Waals surface area contributed by atoms with Crippen molar-refractivity contribution in [3.63, 3.8) is 0 Å². The quantitative estimate of drug-likeness (QED) is 0.197. The van der Waals surface area contributed by atoms with Crippen LogP contribution in [0.2, 0.25) is 0 Å². The summed E-state index contributed by atoms with van der Waals surface area (Å²) in [4.78, 5) is 0. The van der Waals surface area contributed by atoms with Crippen LogP contribution in [0.3, 0.4) is 0 Å². The molecule has 0 radical (unpaired) electrons. The molecule has 0 spiro atoms. The summed E-state index contributed by atoms with van der Waals surface area (Å²) in [5, 5.41) is 2.58. The Morgan fingerprint density at radius 2 is 1.06 bits per heavy atom. The Labute approximate surface area is 214 Å². The van der Waals surface area contributed by atoms with E-state index in [0.717, 1.165) is 8.95 Å². The molecule has 1 aliphatic heterocycles. The number of rotatable bonds is 2. The molecule has 0 atom stereocenters. The van der Waals surface area contributed by atoms with E-state index < -0.39 is 5.41 Å². The molecule has 0 unspecified atom stereocenters. The first-order valence-corrected chi connectivity index (χ1v) is 12.9. The lowest BCUT2D eigenvalue weighted by molar-refractivity contribution is 0.727. The van der Waals surface area contributed by atoms with Crippen molar-refractivity contribution in [2.45, 2.75) is 5.41 Å². The second-order valence-corrected chi connectivity index (χ2v) is 10.7. The molecule has 0 N–H and O–H groups in total. The van der Waals surface area contributed by atoms with Crippen molar-refractivity contribution in [1.29, 1.82) is 0 Å². The summed E-state index contributed by atoms with van der Waals surface area (Å²) >= 11 is 7.31. The molecule has 0 amide bonds. The molecule has 1 aliphatic rings. The highest BCUT2D eigenvalue weighted by molar-refractivity contribution is 9.10. The van der Waals surface area contributed by atoms with Crippen LogP contribution >= 0.6 is 31.9 Å². The summed E-state index contributed by atoms with van der Waals surface area (Å²) in [6.07, 6.45) is 0. The second-order valence-electron chi connectivity index (χ2n) is 8.84. The van der Waals surface area contributed by atoms with E-state index in [1.807, 2.05) is 0 Å². The minimum absolute atomic E-state index is 0.443. The first kappa shape index (κ1) is 20.3. The van der Waals surface area contributed by atoms with Crippen LogP contribution in [0.4, 0.5) is 0 Å². The van der Waals surface area contributed by atoms with Crippen molar-refractivity contribution in [1.82, 2.24) is 4.57 Å². The molecule has 0 saturated heterocycles. The van der Waals surface area contributed by atoms with Crippen LogP contribution in [-0.2, 0) is 5.41 Å². The Balaban J connectivity index is 1.76. The minimum Gasteiger partial charge on any atom is -0.309 e. The standard InChI is InChI=1S/C31H19Br2N/c32-22-16-12-20(13-17-22)31(21-14-18-23(33)19-15-21)26-8-2-4-11-29(26)34-28-10-3-1-6-24(28)25-7-5-9-27(31)30(25)34/h1-19H. The van der Waals surface area contributed by atoms with E-state index in [1.54, 1.807) is 0 Å². The number of hydrogen-bond acceptors (Lipinski definition) is 0. The minimum atomic E-state index is -0.443. The van der Waals surface area contributed by atoms with Crippen LogP contribution in [0.25, 0.3) is 27.5 Å². The van der Waals surface area contributed by atoms with Crippen LogP contribution in [0.5, 0.6) is 0 Å². The Hall–Kier alpha value is -3.14. The number of benzene rings is 5. The van der Waals surface area contributed by atoms with Gasteiger partial charge in [-0.15, -0.1) is 0 Å². The molecule has 5 aromatic carbocycles. The summed E-state index contributed by atoms with van der Waals surface area (Å²) in [6.45, 7) is 0. The summed E-state index contributed by atoms with van der Waals surface area (Å²) in [6, 6.07) is 42.1. The average Bonchev–Trinajstić information content (AvgIpc) is 3.22. The van der Waals surface area contributed by atoms with Crippen molar-refractivity contribution in [2.24, 2.45) is 0 Å². The lowest BCUT2D eigenvalue weighted by Gasteiger charge is -2.41. The van der Waals surface area contributed by atoms with Gasteiger partial charge >= 0.3 is 0 Å². The van der Waals surface area contributed by atoms with Gasteiger partial charge in [0.1, 0.15) is 0 Å². The van der Waals surface area contributed by atoms with Crippen molar-refractivity contribution < 1.29 is 0 Å². The average molecular weight is 565 g/mol. The third kappa shape index (κ3) is 2.60. The molecule has 2 heterocycles. The summed E-state index contributed by atoms with van der Waals surface area (Å²) < 4.78 is 4.63. The van der Waals surface area contributed by atoms with Crippen molar-refractivity contribution >= 4 is 53.7 Å². The van der Waals surface area contributed by atoms with E-state index >= 15 is 0 Å². The van der Waals surface area contributed by atoms with E-state index in [9.17, 15) is 0 Å². The van der Waals surface area contributed by atoms with E-state index in [2.05, 4.69) is 152 Å². The molecule has 6 aromatic rings. The lowest BCUT2D eigenvalue weighted by Crippen LogP contribution is -2.35. The molecule has 0 bridgehead atoms. The molecule has 0 saturated carbocycles. The zero-order valence-electron chi connectivity index (χ0n) is 18.2. The molecule has 162 valence electrons. The number of para-hydroxylation sites is 3. The molecule has 1 nitrogen and oxygen atoms in total. The molecule has 0 aliphatic carbocycles. The number of fused-ring (bicyclic) bond motifs is 5. The van der Waals surface area contributed by atoms with Crippen LogP contribution in [0, 0.1) is 0 Å². The molecular weight excluding hydrogens is 546 g/mol. The first-order chi connectivity index (χ1) is 16.7. The molecule has 3 heteroatoms. The van der Waals surface area contributed by atoms with Gasteiger partial charge in [-0.1, -0.05) is 111 Å². The van der Waals surface area contributed by atoms with Crippen LogP contribution < -0.4 is 0 Å². The normalized spacial score (nSPS) is 13.8. The Bertz CT molecular complexity index is 1660. The summed E-state index contributed by atoms with van der Waals surface area (Å²) in [5.41, 5.74) is 8.45. The molecule has 1 aromatic heterocycles. The fraction of sp³-hybridized carbons (Fsp3) is 0.0323. The van der Waals surface area contributed by atoms with Gasteiger partial charge in [0.2, 0.25) is 0 Å². The molecule has 0 fully saturated rings. The van der Waals surface area contributed by atoms with Gasteiger partial charge in [-0.05, 0) is 58.7 Å². The van der Waals surface area contributed by atoms with E-state index in [1.165, 1.54) is 49.7 Å². The fourth-order valence-electron chi connectivity index (χ4n) is 5.89. The maximum absolute atomic E-state index is 3.65. The highest BCUT2D eigenvalue weighted by Crippen LogP contribution is 2.54. The lowest BCUT2D eigenvalue weighted by atomic mass is 9.63. The van der Waals surface area contributed by atoms with Gasteiger partial charge in [0, 0.05) is 19.7 Å². The highest BCUT2D eigenvalue weighted by atomic mass is 79.9. The van der Waals surface area contributed by atoms with E-state index in [4.69, 9.17) is 0 Å². The molecular formula is C31H19Br2N. The summed E-state index contributed by atoms with van der Waals surface area (Å²) in [7, 11) is 0. The van der Waals surface area contributed by atoms with Gasteiger partial charge in [-0.3, -0.25) is 0 Å². The number of aromatic nitrogens is 1. The third-order valence-electron chi connectivity index (χ3n) is 7.20. The smallest absolute Gasteiger partial charge is 0.0742 e. The van der Waals surface area contributed by atoms with Gasteiger partial charge < -0.3 is 4.57 Å². The van der Waals surface area contributed by atoms with Gasteiger partial charge in [-0.25, -0.2) is 0 Å². The summed E-state index contributed by atoms with van der Waals surface area (Å²) in [5.74, 6) is 0. The fourth-order valence-corrected chi connectivity index (χ4v) is 6.42. The second kappa shape index (κ2) is 7.43. The van der Waals surface area contributed by atoms with E-state index in [-0.39, 0.29) is 0 Å². The van der Waals surface area contributed by atoms with Gasteiger partial charge in [0.05, 0.1) is 22.1 Å². The van der Waals surface area contributed by atoms with Gasteiger partial charge in [-0.2, -0.15) is 0 Å².